The van der Waals surface area contributed by atoms with Gasteiger partial charge in [0.2, 0.25) is 0 Å². The van der Waals surface area contributed by atoms with Crippen molar-refractivity contribution < 1.29 is 14.4 Å². The first-order chi connectivity index (χ1) is 8.36. The van der Waals surface area contributed by atoms with Gasteiger partial charge in [0.05, 0.1) is 12.1 Å². The Hall–Kier alpha value is -1.98. The number of nitrogens with zero attached hydrogens (tertiary/aromatic N) is 2. The highest BCUT2D eigenvalue weighted by Gasteiger charge is 2.23. The lowest BCUT2D eigenvalue weighted by Crippen LogP contribution is -2.43. The Bertz CT molecular complexity index is 463. The Kier molecular flexibility index (Phi) is 4.36. The van der Waals surface area contributed by atoms with Crippen molar-refractivity contribution in [3.8, 4) is 0 Å². The van der Waals surface area contributed by atoms with Crippen LogP contribution in [0.2, 0.25) is 0 Å². The molecule has 1 amide bonds. The average Bonchev–Trinajstić information content (AvgIpc) is 2.63. The van der Waals surface area contributed by atoms with Crippen molar-refractivity contribution in [1.29, 1.82) is 0 Å². The lowest BCUT2D eigenvalue weighted by Gasteiger charge is -2.25. The quantitative estimate of drug-likeness (QED) is 0.368. The van der Waals surface area contributed by atoms with Gasteiger partial charge in [-0.15, -0.1) is 0 Å². The van der Waals surface area contributed by atoms with Gasteiger partial charge in [0.1, 0.15) is 11.5 Å². The van der Waals surface area contributed by atoms with E-state index in [9.17, 15) is 4.79 Å². The monoisotopic (exact) mass is 253 g/mol. The standard InChI is InChI=1S/C12H19N3O3/c1-7(2)15(6-11(13)14-17)12(16)10-5-8(3)18-9(10)4/h5,7,17H,6H2,1-4H3,(H2,13,14). The number of nitrogens with two attached hydrogens (primary N) is 1. The second kappa shape index (κ2) is 5.57. The molecule has 0 radical (unpaired) electrons. The largest absolute Gasteiger partial charge is 0.466 e. The Morgan fingerprint density at radius 3 is 2.56 bits per heavy atom. The minimum absolute atomic E-state index is 0.00470. The molecule has 0 saturated carbocycles. The van der Waals surface area contributed by atoms with Crippen LogP contribution in [0, 0.1) is 13.8 Å². The average molecular weight is 253 g/mol. The van der Waals surface area contributed by atoms with Gasteiger partial charge in [-0.3, -0.25) is 4.79 Å². The van der Waals surface area contributed by atoms with Crippen molar-refractivity contribution in [2.45, 2.75) is 33.7 Å². The van der Waals surface area contributed by atoms with E-state index in [0.717, 1.165) is 0 Å². The number of aryl methyl sites for hydroxylation is 2. The minimum Gasteiger partial charge on any atom is -0.466 e. The van der Waals surface area contributed by atoms with E-state index in [2.05, 4.69) is 5.16 Å². The van der Waals surface area contributed by atoms with Crippen molar-refractivity contribution in [2.24, 2.45) is 10.9 Å². The third-order valence-corrected chi connectivity index (χ3v) is 2.62. The lowest BCUT2D eigenvalue weighted by atomic mass is 10.2. The molecule has 1 aromatic rings. The molecule has 100 valence electrons. The van der Waals surface area contributed by atoms with Gasteiger partial charge in [-0.2, -0.15) is 0 Å². The molecular weight excluding hydrogens is 234 g/mol. The molecule has 0 aromatic carbocycles. The summed E-state index contributed by atoms with van der Waals surface area (Å²) >= 11 is 0. The normalized spacial score (nSPS) is 11.9. The number of hydrogen-bond donors (Lipinski definition) is 2. The smallest absolute Gasteiger partial charge is 0.258 e. The Morgan fingerprint density at radius 2 is 2.17 bits per heavy atom. The van der Waals surface area contributed by atoms with E-state index in [4.69, 9.17) is 15.4 Å². The summed E-state index contributed by atoms with van der Waals surface area (Å²) < 4.78 is 5.34. The highest BCUT2D eigenvalue weighted by atomic mass is 16.4. The lowest BCUT2D eigenvalue weighted by molar-refractivity contribution is 0.0732. The third-order valence-electron chi connectivity index (χ3n) is 2.62. The van der Waals surface area contributed by atoms with Gasteiger partial charge in [0, 0.05) is 6.04 Å². The van der Waals surface area contributed by atoms with E-state index < -0.39 is 0 Å². The van der Waals surface area contributed by atoms with E-state index in [1.165, 1.54) is 4.90 Å². The summed E-state index contributed by atoms with van der Waals surface area (Å²) in [6, 6.07) is 1.63. The molecule has 6 nitrogen and oxygen atoms in total. The number of furan rings is 1. The van der Waals surface area contributed by atoms with E-state index >= 15 is 0 Å². The molecule has 6 heteroatoms. The summed E-state index contributed by atoms with van der Waals surface area (Å²) in [5.74, 6) is 1.06. The number of rotatable bonds is 4. The van der Waals surface area contributed by atoms with Crippen LogP contribution in [0.1, 0.15) is 35.7 Å². The van der Waals surface area contributed by atoms with E-state index in [1.54, 1.807) is 19.9 Å². The molecule has 0 fully saturated rings. The van der Waals surface area contributed by atoms with Crippen LogP contribution < -0.4 is 5.73 Å². The van der Waals surface area contributed by atoms with Crippen molar-refractivity contribution in [3.05, 3.63) is 23.2 Å². The maximum Gasteiger partial charge on any atom is 0.258 e. The molecule has 0 bridgehead atoms. The first-order valence-corrected chi connectivity index (χ1v) is 5.71. The molecule has 1 aromatic heterocycles. The fourth-order valence-electron chi connectivity index (χ4n) is 1.69. The van der Waals surface area contributed by atoms with Crippen LogP contribution in [0.15, 0.2) is 15.6 Å². The molecule has 18 heavy (non-hydrogen) atoms. The van der Waals surface area contributed by atoms with Crippen LogP contribution in [0.3, 0.4) is 0 Å². The van der Waals surface area contributed by atoms with Crippen LogP contribution >= 0.6 is 0 Å². The minimum atomic E-state index is -0.189. The Balaban J connectivity index is 3.00. The van der Waals surface area contributed by atoms with Gasteiger partial charge in [-0.05, 0) is 33.8 Å². The molecular formula is C12H19N3O3. The van der Waals surface area contributed by atoms with E-state index in [-0.39, 0.29) is 24.3 Å². The van der Waals surface area contributed by atoms with Gasteiger partial charge in [-0.1, -0.05) is 5.16 Å². The Morgan fingerprint density at radius 1 is 1.56 bits per heavy atom. The molecule has 0 aliphatic carbocycles. The molecule has 0 atom stereocenters. The van der Waals surface area contributed by atoms with Gasteiger partial charge in [-0.25, -0.2) is 0 Å². The molecule has 0 spiro atoms. The van der Waals surface area contributed by atoms with Crippen molar-refractivity contribution >= 4 is 11.7 Å². The van der Waals surface area contributed by atoms with Crippen LogP contribution in [0.4, 0.5) is 0 Å². The van der Waals surface area contributed by atoms with Crippen molar-refractivity contribution in [2.75, 3.05) is 6.54 Å². The second-order valence-corrected chi connectivity index (χ2v) is 4.45. The van der Waals surface area contributed by atoms with Crippen molar-refractivity contribution in [3.63, 3.8) is 0 Å². The number of amidine groups is 1. The number of oxime groups is 1. The first-order valence-electron chi connectivity index (χ1n) is 5.71. The molecule has 0 saturated heterocycles. The van der Waals surface area contributed by atoms with Gasteiger partial charge < -0.3 is 20.3 Å². The fraction of sp³-hybridized carbons (Fsp3) is 0.500. The summed E-state index contributed by atoms with van der Waals surface area (Å²) in [7, 11) is 0. The zero-order valence-corrected chi connectivity index (χ0v) is 11.1. The maximum atomic E-state index is 12.3. The predicted octanol–water partition coefficient (Wildman–Crippen LogP) is 1.49. The number of hydrogen-bond acceptors (Lipinski definition) is 4. The number of carbonyl (C=O) groups excluding carboxylic acids is 1. The zero-order chi connectivity index (χ0) is 13.9. The molecule has 3 N–H and O–H groups in total. The molecule has 0 aliphatic rings. The highest BCUT2D eigenvalue weighted by molar-refractivity contribution is 5.98. The van der Waals surface area contributed by atoms with Crippen LogP contribution in [-0.2, 0) is 0 Å². The summed E-state index contributed by atoms with van der Waals surface area (Å²) in [5.41, 5.74) is 5.96. The van der Waals surface area contributed by atoms with E-state index in [1.807, 2.05) is 13.8 Å². The SMILES string of the molecule is Cc1cc(C(=O)N(CC(N)=NO)C(C)C)c(C)o1. The predicted molar refractivity (Wildman–Crippen MR) is 67.8 cm³/mol. The van der Waals surface area contributed by atoms with Gasteiger partial charge in [0.15, 0.2) is 5.84 Å². The summed E-state index contributed by atoms with van der Waals surface area (Å²) in [6.07, 6.45) is 0. The zero-order valence-electron chi connectivity index (χ0n) is 11.1. The van der Waals surface area contributed by atoms with Crippen molar-refractivity contribution in [1.82, 2.24) is 4.90 Å². The number of carbonyl (C=O) groups is 1. The first kappa shape index (κ1) is 14.1. The van der Waals surface area contributed by atoms with Gasteiger partial charge in [0.25, 0.3) is 5.91 Å². The van der Waals surface area contributed by atoms with Crippen LogP contribution in [-0.4, -0.2) is 34.4 Å². The maximum absolute atomic E-state index is 12.3. The summed E-state index contributed by atoms with van der Waals surface area (Å²) in [5, 5.41) is 11.5. The fourth-order valence-corrected chi connectivity index (χ4v) is 1.69. The van der Waals surface area contributed by atoms with Crippen LogP contribution in [0.25, 0.3) is 0 Å². The number of amides is 1. The Labute approximate surface area is 106 Å². The summed E-state index contributed by atoms with van der Waals surface area (Å²) in [4.78, 5) is 13.9. The molecule has 1 rings (SSSR count). The molecule has 0 aliphatic heterocycles. The topological polar surface area (TPSA) is 92.1 Å². The van der Waals surface area contributed by atoms with E-state index in [0.29, 0.717) is 17.1 Å². The molecule has 0 unspecified atom stereocenters. The highest BCUT2D eigenvalue weighted by Crippen LogP contribution is 2.17. The van der Waals surface area contributed by atoms with Gasteiger partial charge >= 0.3 is 0 Å². The molecule has 1 heterocycles. The second-order valence-electron chi connectivity index (χ2n) is 4.45. The van der Waals surface area contributed by atoms with Crippen LogP contribution in [0.5, 0.6) is 0 Å². The summed E-state index contributed by atoms with van der Waals surface area (Å²) in [6.45, 7) is 7.33. The third kappa shape index (κ3) is 3.03.